The minimum Gasteiger partial charge on any atom is -0.294 e. The largest absolute Gasteiger partial charge is 0.294 e. The summed E-state index contributed by atoms with van der Waals surface area (Å²) in [6, 6.07) is 28.2. The minimum atomic E-state index is 0.224. The lowest BCUT2D eigenvalue weighted by Gasteiger charge is -2.13. The minimum absolute atomic E-state index is 0.224. The second kappa shape index (κ2) is 11.5. The number of nitrogens with zero attached hydrogens (tertiary/aromatic N) is 4. The molecule has 2 aliphatic rings. The van der Waals surface area contributed by atoms with Crippen LogP contribution in [0.25, 0.3) is 32.5 Å². The molecule has 208 valence electrons. The van der Waals surface area contributed by atoms with Gasteiger partial charge in [-0.05, 0) is 72.8 Å². The van der Waals surface area contributed by atoms with Crippen LogP contribution in [-0.4, -0.2) is 31.1 Å². The highest BCUT2D eigenvalue weighted by molar-refractivity contribution is 7.13. The summed E-state index contributed by atoms with van der Waals surface area (Å²) in [6.07, 6.45) is 4.91. The van der Waals surface area contributed by atoms with Crippen LogP contribution >= 0.6 is 22.7 Å². The van der Waals surface area contributed by atoms with Gasteiger partial charge in [-0.15, -0.1) is 22.7 Å². The van der Waals surface area contributed by atoms with E-state index in [2.05, 4.69) is 0 Å². The molecule has 0 spiro atoms. The molecule has 0 unspecified atom stereocenters. The lowest BCUT2D eigenvalue weighted by atomic mass is 9.94. The van der Waals surface area contributed by atoms with Crippen molar-refractivity contribution in [1.82, 2.24) is 19.6 Å². The van der Waals surface area contributed by atoms with Gasteiger partial charge in [-0.2, -0.15) is 10.2 Å². The third kappa shape index (κ3) is 4.86. The number of ketones is 2. The molecular weight excluding hydrogens is 561 g/mol. The monoisotopic (exact) mass is 588 g/mol. The smallest absolute Gasteiger partial charge is 0.167 e. The van der Waals surface area contributed by atoms with Gasteiger partial charge in [-0.1, -0.05) is 48.5 Å². The number of hydrogen-bond acceptors (Lipinski definition) is 6. The highest BCUT2D eigenvalue weighted by Crippen LogP contribution is 2.36. The van der Waals surface area contributed by atoms with Gasteiger partial charge in [0.25, 0.3) is 0 Å². The molecule has 2 aliphatic carbocycles. The van der Waals surface area contributed by atoms with Gasteiger partial charge in [0.1, 0.15) is 11.4 Å². The zero-order valence-corrected chi connectivity index (χ0v) is 24.5. The van der Waals surface area contributed by atoms with E-state index in [9.17, 15) is 9.59 Å². The summed E-state index contributed by atoms with van der Waals surface area (Å²) in [4.78, 5) is 26.9. The quantitative estimate of drug-likeness (QED) is 0.208. The maximum atomic E-state index is 12.4. The van der Waals surface area contributed by atoms with Crippen molar-refractivity contribution in [2.75, 3.05) is 0 Å². The Balaban J connectivity index is 0.000000137. The molecule has 0 radical (unpaired) electrons. The molecule has 0 aliphatic heterocycles. The highest BCUT2D eigenvalue weighted by Gasteiger charge is 2.29. The lowest BCUT2D eigenvalue weighted by molar-refractivity contribution is 0.0964. The van der Waals surface area contributed by atoms with Gasteiger partial charge in [0.05, 0.1) is 43.6 Å². The molecule has 42 heavy (non-hydrogen) atoms. The Bertz CT molecular complexity index is 1710. The van der Waals surface area contributed by atoms with Crippen LogP contribution in [0, 0.1) is 0 Å². The number of para-hydroxylation sites is 2. The summed E-state index contributed by atoms with van der Waals surface area (Å²) in [5.74, 6) is 0.448. The van der Waals surface area contributed by atoms with E-state index in [0.717, 1.165) is 80.7 Å². The Morgan fingerprint density at radius 2 is 0.952 bits per heavy atom. The van der Waals surface area contributed by atoms with Gasteiger partial charge in [0.15, 0.2) is 11.6 Å². The molecule has 0 saturated heterocycles. The van der Waals surface area contributed by atoms with Gasteiger partial charge < -0.3 is 0 Å². The Kier molecular flexibility index (Phi) is 7.23. The number of Topliss-reactive ketones (excluding diaryl/α,β-unsaturated/α-hetero) is 2. The zero-order chi connectivity index (χ0) is 28.5. The van der Waals surface area contributed by atoms with Gasteiger partial charge in [-0.3, -0.25) is 9.59 Å². The summed E-state index contributed by atoms with van der Waals surface area (Å²) in [5.41, 5.74) is 7.49. The van der Waals surface area contributed by atoms with Crippen LogP contribution in [0.2, 0.25) is 0 Å². The van der Waals surface area contributed by atoms with Crippen LogP contribution in [0.3, 0.4) is 0 Å². The molecule has 0 N–H and O–H groups in total. The maximum absolute atomic E-state index is 12.4. The number of benzene rings is 2. The molecule has 0 atom stereocenters. The van der Waals surface area contributed by atoms with Gasteiger partial charge in [-0.25, -0.2) is 9.36 Å². The fourth-order valence-electron chi connectivity index (χ4n) is 5.77. The van der Waals surface area contributed by atoms with Crippen molar-refractivity contribution in [1.29, 1.82) is 0 Å². The van der Waals surface area contributed by atoms with Crippen molar-refractivity contribution in [3.63, 3.8) is 0 Å². The van der Waals surface area contributed by atoms with E-state index in [0.29, 0.717) is 12.8 Å². The van der Waals surface area contributed by atoms with E-state index in [-0.39, 0.29) is 11.6 Å². The van der Waals surface area contributed by atoms with E-state index < -0.39 is 0 Å². The standard InChI is InChI=1S/2C17H14N2OS/c2*20-14-9-4-8-13-16(14)17(15-10-5-11-21-15)18-19(13)12-6-2-1-3-7-12/h2*1-3,5-7,10-11H,4,8-9H2. The van der Waals surface area contributed by atoms with Crippen molar-refractivity contribution in [2.45, 2.75) is 38.5 Å². The fraction of sp³-hybridized carbons (Fsp3) is 0.176. The number of carbonyl (C=O) groups excluding carboxylic acids is 2. The molecule has 8 rings (SSSR count). The Labute approximate surface area is 251 Å². The van der Waals surface area contributed by atoms with Gasteiger partial charge in [0.2, 0.25) is 0 Å². The summed E-state index contributed by atoms with van der Waals surface area (Å²) in [5, 5.41) is 13.6. The Morgan fingerprint density at radius 3 is 1.33 bits per heavy atom. The predicted molar refractivity (Wildman–Crippen MR) is 168 cm³/mol. The highest BCUT2D eigenvalue weighted by atomic mass is 32.1. The SMILES string of the molecule is O=C1CCCc2c1c(-c1cccs1)nn2-c1ccccc1.O=C1CCCc2c1c(-c1cccs1)nn2-c1ccccc1. The third-order valence-electron chi connectivity index (χ3n) is 7.67. The molecule has 0 fully saturated rings. The average molecular weight is 589 g/mol. The molecule has 4 heterocycles. The number of carbonyl (C=O) groups is 2. The van der Waals surface area contributed by atoms with Crippen LogP contribution in [0.15, 0.2) is 95.7 Å². The Hall–Kier alpha value is -4.40. The molecule has 6 aromatic rings. The molecule has 0 bridgehead atoms. The first-order chi connectivity index (χ1) is 20.7. The van der Waals surface area contributed by atoms with Gasteiger partial charge in [0, 0.05) is 12.8 Å². The van der Waals surface area contributed by atoms with Crippen molar-refractivity contribution in [2.24, 2.45) is 0 Å². The number of aromatic nitrogens is 4. The number of hydrogen-bond donors (Lipinski definition) is 0. The molecule has 0 saturated carbocycles. The van der Waals surface area contributed by atoms with Crippen molar-refractivity contribution in [3.05, 3.63) is 118 Å². The van der Waals surface area contributed by atoms with E-state index in [4.69, 9.17) is 10.2 Å². The summed E-state index contributed by atoms with van der Waals surface area (Å²) in [7, 11) is 0. The van der Waals surface area contributed by atoms with Crippen molar-refractivity contribution in [3.8, 4) is 32.5 Å². The van der Waals surface area contributed by atoms with Crippen molar-refractivity contribution >= 4 is 34.2 Å². The maximum Gasteiger partial charge on any atom is 0.167 e. The van der Waals surface area contributed by atoms with E-state index in [1.807, 2.05) is 105 Å². The van der Waals surface area contributed by atoms with Crippen LogP contribution in [0.1, 0.15) is 57.8 Å². The number of thiophene rings is 2. The number of rotatable bonds is 4. The zero-order valence-electron chi connectivity index (χ0n) is 22.9. The van der Waals surface area contributed by atoms with E-state index in [1.165, 1.54) is 0 Å². The molecule has 2 aromatic carbocycles. The second-order valence-corrected chi connectivity index (χ2v) is 12.2. The summed E-state index contributed by atoms with van der Waals surface area (Å²) >= 11 is 3.26. The topological polar surface area (TPSA) is 69.8 Å². The third-order valence-corrected chi connectivity index (χ3v) is 9.42. The number of fused-ring (bicyclic) bond motifs is 2. The summed E-state index contributed by atoms with van der Waals surface area (Å²) in [6.45, 7) is 0. The summed E-state index contributed by atoms with van der Waals surface area (Å²) < 4.78 is 3.89. The molecule has 0 amide bonds. The van der Waals surface area contributed by atoms with Crippen molar-refractivity contribution < 1.29 is 9.59 Å². The first-order valence-corrected chi connectivity index (χ1v) is 15.9. The van der Waals surface area contributed by atoms with E-state index in [1.54, 1.807) is 22.7 Å². The average Bonchev–Trinajstić information content (AvgIpc) is 3.84. The normalized spacial score (nSPS) is 14.2. The Morgan fingerprint density at radius 1 is 0.524 bits per heavy atom. The van der Waals surface area contributed by atoms with Crippen LogP contribution in [-0.2, 0) is 12.8 Å². The lowest BCUT2D eigenvalue weighted by Crippen LogP contribution is -2.13. The second-order valence-electron chi connectivity index (χ2n) is 10.3. The van der Waals surface area contributed by atoms with Gasteiger partial charge >= 0.3 is 0 Å². The fourth-order valence-corrected chi connectivity index (χ4v) is 7.20. The van der Waals surface area contributed by atoms with Crippen LogP contribution in [0.4, 0.5) is 0 Å². The predicted octanol–water partition coefficient (Wildman–Crippen LogP) is 8.24. The molecule has 4 aromatic heterocycles. The first-order valence-electron chi connectivity index (χ1n) is 14.2. The van der Waals surface area contributed by atoms with Crippen LogP contribution in [0.5, 0.6) is 0 Å². The molecular formula is C34H28N4O2S2. The molecule has 6 nitrogen and oxygen atoms in total. The van der Waals surface area contributed by atoms with Crippen LogP contribution < -0.4 is 0 Å². The van der Waals surface area contributed by atoms with E-state index >= 15 is 0 Å². The first kappa shape index (κ1) is 26.5. The molecule has 8 heteroatoms.